The Morgan fingerprint density at radius 1 is 0.679 bits per heavy atom. The van der Waals surface area contributed by atoms with Gasteiger partial charge in [-0.3, -0.25) is 0 Å². The molecule has 3 aromatic rings. The number of nitrogens with one attached hydrogen (secondary N) is 2. The molecule has 0 heterocycles. The van der Waals surface area contributed by atoms with Gasteiger partial charge in [-0.05, 0) is 81.4 Å². The van der Waals surface area contributed by atoms with E-state index in [1.165, 1.54) is 0 Å². The molecular formula is C23H24N2O3. The Morgan fingerprint density at radius 3 is 1.57 bits per heavy atom. The highest BCUT2D eigenvalue weighted by molar-refractivity contribution is 5.67. The molecular weight excluding hydrogens is 352 g/mol. The minimum Gasteiger partial charge on any atom is -0.428 e. The molecule has 2 N–H and O–H groups in total. The standard InChI is InChI=1S/C23H24N2O3/c1-23(2,3)28-22(26)27-21-15-13-20(14-16-21)25-19-11-9-18(10-12-19)24-17-7-5-4-6-8-17/h4-16,24-25H,1-3H3. The van der Waals surface area contributed by atoms with E-state index in [1.54, 1.807) is 32.9 Å². The fraction of sp³-hybridized carbons (Fsp3) is 0.174. The largest absolute Gasteiger partial charge is 0.514 e. The lowest BCUT2D eigenvalue weighted by molar-refractivity contribution is 0.0206. The maximum Gasteiger partial charge on any atom is 0.514 e. The number of carbonyl (C=O) groups is 1. The number of para-hydroxylation sites is 1. The van der Waals surface area contributed by atoms with Crippen LogP contribution in [0.25, 0.3) is 0 Å². The summed E-state index contributed by atoms with van der Waals surface area (Å²) in [6.45, 7) is 5.38. The summed E-state index contributed by atoms with van der Waals surface area (Å²) in [5.41, 5.74) is 3.32. The van der Waals surface area contributed by atoms with Crippen molar-refractivity contribution < 1.29 is 14.3 Å². The summed E-state index contributed by atoms with van der Waals surface area (Å²) < 4.78 is 10.3. The second kappa shape index (κ2) is 8.48. The van der Waals surface area contributed by atoms with Gasteiger partial charge >= 0.3 is 6.16 Å². The third-order valence-electron chi connectivity index (χ3n) is 3.68. The van der Waals surface area contributed by atoms with Crippen molar-refractivity contribution in [2.75, 3.05) is 10.6 Å². The van der Waals surface area contributed by atoms with Gasteiger partial charge in [-0.25, -0.2) is 4.79 Å². The Bertz CT molecular complexity index is 899. The molecule has 0 atom stereocenters. The van der Waals surface area contributed by atoms with E-state index in [0.29, 0.717) is 5.75 Å². The van der Waals surface area contributed by atoms with Crippen molar-refractivity contribution in [3.63, 3.8) is 0 Å². The van der Waals surface area contributed by atoms with Gasteiger partial charge in [-0.2, -0.15) is 0 Å². The number of carbonyl (C=O) groups excluding carboxylic acids is 1. The minimum atomic E-state index is -0.713. The first-order valence-electron chi connectivity index (χ1n) is 9.07. The van der Waals surface area contributed by atoms with Gasteiger partial charge in [0, 0.05) is 22.7 Å². The van der Waals surface area contributed by atoms with Gasteiger partial charge in [0.25, 0.3) is 0 Å². The highest BCUT2D eigenvalue weighted by Gasteiger charge is 2.17. The van der Waals surface area contributed by atoms with Gasteiger partial charge in [0.2, 0.25) is 0 Å². The van der Waals surface area contributed by atoms with E-state index in [4.69, 9.17) is 9.47 Å². The van der Waals surface area contributed by atoms with E-state index in [9.17, 15) is 4.79 Å². The fourth-order valence-corrected chi connectivity index (χ4v) is 2.47. The zero-order chi connectivity index (χ0) is 20.0. The van der Waals surface area contributed by atoms with Crippen molar-refractivity contribution in [1.82, 2.24) is 0 Å². The van der Waals surface area contributed by atoms with Gasteiger partial charge in [-0.15, -0.1) is 0 Å². The van der Waals surface area contributed by atoms with Gasteiger partial charge in [0.15, 0.2) is 0 Å². The molecule has 3 aromatic carbocycles. The highest BCUT2D eigenvalue weighted by Crippen LogP contribution is 2.23. The van der Waals surface area contributed by atoms with Crippen LogP contribution in [0.15, 0.2) is 78.9 Å². The van der Waals surface area contributed by atoms with E-state index in [-0.39, 0.29) is 0 Å². The van der Waals surface area contributed by atoms with Crippen LogP contribution in [0.5, 0.6) is 5.75 Å². The topological polar surface area (TPSA) is 59.6 Å². The molecule has 0 spiro atoms. The molecule has 0 aliphatic heterocycles. The van der Waals surface area contributed by atoms with Crippen molar-refractivity contribution in [2.45, 2.75) is 26.4 Å². The number of benzene rings is 3. The van der Waals surface area contributed by atoms with Crippen molar-refractivity contribution >= 4 is 28.9 Å². The molecule has 0 unspecified atom stereocenters. The highest BCUT2D eigenvalue weighted by atomic mass is 16.7. The number of ether oxygens (including phenoxy) is 2. The lowest BCUT2D eigenvalue weighted by Gasteiger charge is -2.18. The summed E-state index contributed by atoms with van der Waals surface area (Å²) in [6, 6.07) is 25.2. The maximum absolute atomic E-state index is 11.7. The van der Waals surface area contributed by atoms with Crippen LogP contribution >= 0.6 is 0 Å². The monoisotopic (exact) mass is 376 g/mol. The lowest BCUT2D eigenvalue weighted by atomic mass is 10.2. The quantitative estimate of drug-likeness (QED) is 0.394. The maximum atomic E-state index is 11.7. The molecule has 0 saturated carbocycles. The van der Waals surface area contributed by atoms with Crippen molar-refractivity contribution in [3.05, 3.63) is 78.9 Å². The molecule has 28 heavy (non-hydrogen) atoms. The minimum absolute atomic E-state index is 0.433. The molecule has 0 aromatic heterocycles. The summed E-state index contributed by atoms with van der Waals surface area (Å²) in [6.07, 6.45) is -0.713. The first-order chi connectivity index (χ1) is 13.4. The van der Waals surface area contributed by atoms with Crippen LogP contribution in [0.2, 0.25) is 0 Å². The third-order valence-corrected chi connectivity index (χ3v) is 3.68. The Hall–Kier alpha value is -3.47. The first kappa shape index (κ1) is 19.3. The fourth-order valence-electron chi connectivity index (χ4n) is 2.47. The SMILES string of the molecule is CC(C)(C)OC(=O)Oc1ccc(Nc2ccc(Nc3ccccc3)cc2)cc1. The number of hydrogen-bond acceptors (Lipinski definition) is 5. The van der Waals surface area contributed by atoms with E-state index in [0.717, 1.165) is 22.7 Å². The Labute approximate surface area is 165 Å². The van der Waals surface area contributed by atoms with Crippen LogP contribution in [0.4, 0.5) is 27.5 Å². The number of rotatable bonds is 5. The van der Waals surface area contributed by atoms with Crippen LogP contribution in [0.1, 0.15) is 20.8 Å². The average molecular weight is 376 g/mol. The molecule has 0 radical (unpaired) electrons. The Morgan fingerprint density at radius 2 is 1.11 bits per heavy atom. The summed E-state index contributed by atoms with van der Waals surface area (Å²) in [5.74, 6) is 0.433. The normalized spacial score (nSPS) is 10.8. The van der Waals surface area contributed by atoms with Crippen LogP contribution in [-0.2, 0) is 4.74 Å². The molecule has 0 aliphatic rings. The molecule has 144 valence electrons. The predicted octanol–water partition coefficient (Wildman–Crippen LogP) is 6.49. The van der Waals surface area contributed by atoms with Gasteiger partial charge in [0.1, 0.15) is 11.4 Å². The summed E-state index contributed by atoms with van der Waals surface area (Å²) in [7, 11) is 0. The van der Waals surface area contributed by atoms with E-state index in [1.807, 2.05) is 66.7 Å². The summed E-state index contributed by atoms with van der Waals surface area (Å²) >= 11 is 0. The predicted molar refractivity (Wildman–Crippen MR) is 113 cm³/mol. The second-order valence-electron chi connectivity index (χ2n) is 7.28. The second-order valence-corrected chi connectivity index (χ2v) is 7.28. The number of anilines is 4. The van der Waals surface area contributed by atoms with Crippen molar-refractivity contribution in [3.8, 4) is 5.75 Å². The number of hydrogen-bond donors (Lipinski definition) is 2. The molecule has 5 nitrogen and oxygen atoms in total. The molecule has 0 amide bonds. The van der Waals surface area contributed by atoms with Crippen LogP contribution in [0, 0.1) is 0 Å². The van der Waals surface area contributed by atoms with Gasteiger partial charge < -0.3 is 20.1 Å². The molecule has 5 heteroatoms. The molecule has 0 aliphatic carbocycles. The van der Waals surface area contributed by atoms with E-state index >= 15 is 0 Å². The smallest absolute Gasteiger partial charge is 0.428 e. The van der Waals surface area contributed by atoms with Crippen LogP contribution in [-0.4, -0.2) is 11.8 Å². The van der Waals surface area contributed by atoms with Crippen LogP contribution < -0.4 is 15.4 Å². The lowest BCUT2D eigenvalue weighted by Crippen LogP contribution is -2.25. The third kappa shape index (κ3) is 6.06. The van der Waals surface area contributed by atoms with Gasteiger partial charge in [0.05, 0.1) is 0 Å². The Balaban J connectivity index is 1.56. The van der Waals surface area contributed by atoms with Crippen molar-refractivity contribution in [2.24, 2.45) is 0 Å². The average Bonchev–Trinajstić information content (AvgIpc) is 2.64. The van der Waals surface area contributed by atoms with Crippen molar-refractivity contribution in [1.29, 1.82) is 0 Å². The molecule has 0 saturated heterocycles. The van der Waals surface area contributed by atoms with Gasteiger partial charge in [-0.1, -0.05) is 18.2 Å². The van der Waals surface area contributed by atoms with Crippen LogP contribution in [0.3, 0.4) is 0 Å². The van der Waals surface area contributed by atoms with E-state index in [2.05, 4.69) is 10.6 Å². The summed E-state index contributed by atoms with van der Waals surface area (Å²) in [5, 5.41) is 6.66. The summed E-state index contributed by atoms with van der Waals surface area (Å²) in [4.78, 5) is 11.7. The molecule has 0 fully saturated rings. The van der Waals surface area contributed by atoms with E-state index < -0.39 is 11.8 Å². The first-order valence-corrected chi connectivity index (χ1v) is 9.07. The molecule has 0 bridgehead atoms. The molecule has 3 rings (SSSR count). The zero-order valence-corrected chi connectivity index (χ0v) is 16.2. The zero-order valence-electron chi connectivity index (χ0n) is 16.2. The Kier molecular flexibility index (Phi) is 5.84.